The van der Waals surface area contributed by atoms with E-state index in [2.05, 4.69) is 0 Å². The minimum atomic E-state index is -3.81. The fraction of sp³-hybridized carbons (Fsp3) is 0.367. The van der Waals surface area contributed by atoms with Crippen molar-refractivity contribution in [3.8, 4) is 5.75 Å². The van der Waals surface area contributed by atoms with Crippen LogP contribution in [0.5, 0.6) is 5.75 Å². The Labute approximate surface area is 243 Å². The summed E-state index contributed by atoms with van der Waals surface area (Å²) in [6.07, 6.45) is 2.82. The lowest BCUT2D eigenvalue weighted by Crippen LogP contribution is -2.55. The Hall–Kier alpha value is -3.21. The summed E-state index contributed by atoms with van der Waals surface area (Å²) in [5.41, 5.74) is 1.68. The van der Waals surface area contributed by atoms with E-state index in [9.17, 15) is 27.1 Å². The molecule has 216 valence electrons. The van der Waals surface area contributed by atoms with Crippen LogP contribution < -0.4 is 4.90 Å². The molecule has 1 N–H and O–H groups in total. The number of carbonyl (C=O) groups is 1. The molecule has 3 aromatic rings. The number of anilines is 1. The van der Waals surface area contributed by atoms with Crippen molar-refractivity contribution in [3.63, 3.8) is 0 Å². The van der Waals surface area contributed by atoms with Crippen LogP contribution in [0.3, 0.4) is 0 Å². The smallest absolute Gasteiger partial charge is 0.255 e. The molecular formula is C30H30ClF2N3O4S. The number of phenolic OH excluding ortho intramolecular Hbond substituents is 1. The number of likely N-dealkylation sites (tertiary alicyclic amines) is 1. The maximum atomic E-state index is 13.6. The molecule has 3 heterocycles. The molecule has 2 bridgehead atoms. The Balaban J connectivity index is 1.18. The maximum absolute atomic E-state index is 13.6. The molecule has 41 heavy (non-hydrogen) atoms. The van der Waals surface area contributed by atoms with Crippen LogP contribution in [0.4, 0.5) is 14.5 Å². The molecule has 0 saturated carbocycles. The van der Waals surface area contributed by atoms with E-state index in [0.717, 1.165) is 24.5 Å². The summed E-state index contributed by atoms with van der Waals surface area (Å²) in [6, 6.07) is 14.2. The first-order valence-corrected chi connectivity index (χ1v) is 15.5. The molecule has 3 aromatic carbocycles. The Bertz CT molecular complexity index is 1570. The topological polar surface area (TPSA) is 81.2 Å². The van der Waals surface area contributed by atoms with Gasteiger partial charge in [-0.1, -0.05) is 23.7 Å². The number of nitrogens with zero attached hydrogens (tertiary/aromatic N) is 3. The van der Waals surface area contributed by atoms with Crippen LogP contribution in [0, 0.1) is 11.6 Å². The highest BCUT2D eigenvalue weighted by molar-refractivity contribution is 7.89. The molecule has 0 aliphatic carbocycles. The van der Waals surface area contributed by atoms with E-state index in [1.807, 2.05) is 4.90 Å². The van der Waals surface area contributed by atoms with E-state index in [1.165, 1.54) is 46.8 Å². The summed E-state index contributed by atoms with van der Waals surface area (Å²) >= 11 is 6.14. The summed E-state index contributed by atoms with van der Waals surface area (Å²) in [4.78, 5) is 17.0. The highest BCUT2D eigenvalue weighted by atomic mass is 35.5. The van der Waals surface area contributed by atoms with Gasteiger partial charge in [0.05, 0.1) is 21.2 Å². The van der Waals surface area contributed by atoms with Gasteiger partial charge in [0.1, 0.15) is 17.4 Å². The predicted molar refractivity (Wildman–Crippen MR) is 152 cm³/mol. The number of piperazine rings is 1. The number of fused-ring (bicyclic) bond motifs is 2. The lowest BCUT2D eigenvalue weighted by atomic mass is 9.90. The Kier molecular flexibility index (Phi) is 7.42. The minimum Gasteiger partial charge on any atom is -0.506 e. The van der Waals surface area contributed by atoms with Gasteiger partial charge >= 0.3 is 0 Å². The van der Waals surface area contributed by atoms with Crippen molar-refractivity contribution in [1.82, 2.24) is 9.21 Å². The van der Waals surface area contributed by atoms with E-state index in [-0.39, 0.29) is 51.0 Å². The molecule has 3 aliphatic rings. The van der Waals surface area contributed by atoms with Gasteiger partial charge in [-0.25, -0.2) is 17.2 Å². The third-order valence-electron chi connectivity index (χ3n) is 8.59. The molecule has 1 amide bonds. The van der Waals surface area contributed by atoms with Crippen molar-refractivity contribution in [1.29, 1.82) is 0 Å². The molecule has 0 unspecified atom stereocenters. The van der Waals surface area contributed by atoms with Crippen LogP contribution in [0.2, 0.25) is 5.02 Å². The van der Waals surface area contributed by atoms with Gasteiger partial charge < -0.3 is 14.9 Å². The number of piperidine rings is 1. The van der Waals surface area contributed by atoms with Crippen LogP contribution in [-0.4, -0.2) is 66.9 Å². The zero-order valence-electron chi connectivity index (χ0n) is 22.2. The molecule has 3 fully saturated rings. The number of amides is 1. The first-order valence-electron chi connectivity index (χ1n) is 13.7. The van der Waals surface area contributed by atoms with Gasteiger partial charge in [0.25, 0.3) is 5.91 Å². The van der Waals surface area contributed by atoms with E-state index in [0.29, 0.717) is 44.7 Å². The standard InChI is InChI=1S/C30H30ClF2N3O4S/c31-27-15-22(33)5-9-26(27)30(38)34-17-23-6-7-24(18-34)36(23)28-16-25(8-10-29(28)37)41(39,40)35-13-11-20(12-14-35)19-1-3-21(32)4-2-19/h1-5,8-10,15-16,20,23-24,37H,6-7,11-14,17-18H2/t23-,24+. The second-order valence-electron chi connectivity index (χ2n) is 11.0. The summed E-state index contributed by atoms with van der Waals surface area (Å²) in [5.74, 6) is -0.945. The fourth-order valence-corrected chi connectivity index (χ4v) is 8.22. The van der Waals surface area contributed by atoms with Gasteiger partial charge in [-0.3, -0.25) is 4.79 Å². The van der Waals surface area contributed by atoms with Crippen LogP contribution in [0.25, 0.3) is 0 Å². The van der Waals surface area contributed by atoms with E-state index in [4.69, 9.17) is 11.6 Å². The molecule has 3 saturated heterocycles. The fourth-order valence-electron chi connectivity index (χ4n) is 6.48. The number of aromatic hydroxyl groups is 1. The number of phenols is 1. The van der Waals surface area contributed by atoms with Crippen molar-refractivity contribution in [2.75, 3.05) is 31.1 Å². The second kappa shape index (κ2) is 10.9. The predicted octanol–water partition coefficient (Wildman–Crippen LogP) is 5.39. The highest BCUT2D eigenvalue weighted by Crippen LogP contribution is 2.41. The normalized spacial score (nSPS) is 21.8. The number of rotatable bonds is 5. The Morgan fingerprint density at radius 2 is 1.49 bits per heavy atom. The quantitative estimate of drug-likeness (QED) is 0.424. The number of benzene rings is 3. The third kappa shape index (κ3) is 5.29. The molecule has 6 rings (SSSR count). The van der Waals surface area contributed by atoms with Gasteiger partial charge in [-0.15, -0.1) is 0 Å². The number of sulfonamides is 1. The van der Waals surface area contributed by atoms with Crippen molar-refractivity contribution in [3.05, 3.63) is 88.4 Å². The van der Waals surface area contributed by atoms with E-state index >= 15 is 0 Å². The number of halogens is 3. The monoisotopic (exact) mass is 601 g/mol. The van der Waals surface area contributed by atoms with Crippen molar-refractivity contribution in [2.24, 2.45) is 0 Å². The SMILES string of the molecule is O=C(c1ccc(F)cc1Cl)N1C[C@H]2CC[C@@H](C1)N2c1cc(S(=O)(=O)N2CCC(c3ccc(F)cc3)CC2)ccc1O. The minimum absolute atomic E-state index is 0.0165. The van der Waals surface area contributed by atoms with Crippen LogP contribution in [0.15, 0.2) is 65.6 Å². The van der Waals surface area contributed by atoms with Gasteiger partial charge in [-0.05, 0) is 85.7 Å². The number of hydrogen-bond acceptors (Lipinski definition) is 5. The largest absolute Gasteiger partial charge is 0.506 e. The van der Waals surface area contributed by atoms with Crippen LogP contribution in [-0.2, 0) is 10.0 Å². The molecular weight excluding hydrogens is 572 g/mol. The lowest BCUT2D eigenvalue weighted by Gasteiger charge is -2.43. The number of hydrogen-bond donors (Lipinski definition) is 1. The van der Waals surface area contributed by atoms with Crippen molar-refractivity contribution in [2.45, 2.75) is 48.6 Å². The first-order chi connectivity index (χ1) is 19.6. The van der Waals surface area contributed by atoms with Crippen molar-refractivity contribution < 1.29 is 27.1 Å². The summed E-state index contributed by atoms with van der Waals surface area (Å²) in [6.45, 7) is 1.43. The van der Waals surface area contributed by atoms with Gasteiger partial charge in [0, 0.05) is 38.3 Å². The third-order valence-corrected chi connectivity index (χ3v) is 10.8. The molecule has 0 aromatic heterocycles. The van der Waals surface area contributed by atoms with Gasteiger partial charge in [0.15, 0.2) is 0 Å². The molecule has 0 radical (unpaired) electrons. The summed E-state index contributed by atoms with van der Waals surface area (Å²) < 4.78 is 55.6. The first kappa shape index (κ1) is 27.9. The summed E-state index contributed by atoms with van der Waals surface area (Å²) in [5, 5.41) is 10.9. The molecule has 7 nitrogen and oxygen atoms in total. The lowest BCUT2D eigenvalue weighted by molar-refractivity contribution is 0.0718. The average Bonchev–Trinajstić information content (AvgIpc) is 3.21. The second-order valence-corrected chi connectivity index (χ2v) is 13.4. The zero-order chi connectivity index (χ0) is 28.9. The average molecular weight is 602 g/mol. The van der Waals surface area contributed by atoms with Crippen LogP contribution >= 0.6 is 11.6 Å². The molecule has 0 spiro atoms. The maximum Gasteiger partial charge on any atom is 0.255 e. The number of carbonyl (C=O) groups excluding carboxylic acids is 1. The van der Waals surface area contributed by atoms with Gasteiger partial charge in [0.2, 0.25) is 10.0 Å². The van der Waals surface area contributed by atoms with Gasteiger partial charge in [-0.2, -0.15) is 4.31 Å². The summed E-state index contributed by atoms with van der Waals surface area (Å²) in [7, 11) is -3.81. The molecule has 2 atom stereocenters. The Morgan fingerprint density at radius 1 is 0.854 bits per heavy atom. The zero-order valence-corrected chi connectivity index (χ0v) is 23.8. The molecule has 11 heteroatoms. The Morgan fingerprint density at radius 3 is 2.12 bits per heavy atom. The molecule has 3 aliphatic heterocycles. The van der Waals surface area contributed by atoms with Crippen molar-refractivity contribution >= 4 is 33.2 Å². The van der Waals surface area contributed by atoms with Crippen LogP contribution in [0.1, 0.15) is 47.5 Å². The van der Waals surface area contributed by atoms with E-state index in [1.54, 1.807) is 17.0 Å². The van der Waals surface area contributed by atoms with E-state index < -0.39 is 15.8 Å². The highest BCUT2D eigenvalue weighted by Gasteiger charge is 2.43.